The number of rotatable bonds is 6. The van der Waals surface area contributed by atoms with Gasteiger partial charge in [0.1, 0.15) is 0 Å². The predicted octanol–water partition coefficient (Wildman–Crippen LogP) is 3.25. The van der Waals surface area contributed by atoms with E-state index in [2.05, 4.69) is 26.0 Å². The predicted molar refractivity (Wildman–Crippen MR) is 108 cm³/mol. The molecule has 2 N–H and O–H groups in total. The number of benzene rings is 1. The van der Waals surface area contributed by atoms with Crippen molar-refractivity contribution in [2.24, 2.45) is 10.9 Å². The van der Waals surface area contributed by atoms with Crippen molar-refractivity contribution in [2.45, 2.75) is 33.9 Å². The maximum atomic E-state index is 11.7. The van der Waals surface area contributed by atoms with Gasteiger partial charge in [0.2, 0.25) is 5.91 Å². The van der Waals surface area contributed by atoms with Crippen LogP contribution in [0.25, 0.3) is 0 Å². The third-order valence-electron chi connectivity index (χ3n) is 3.84. The first-order valence-electron chi connectivity index (χ1n) is 8.61. The molecule has 0 saturated heterocycles. The van der Waals surface area contributed by atoms with Gasteiger partial charge in [0.05, 0.1) is 17.2 Å². The quantitative estimate of drug-likeness (QED) is 0.602. The Morgan fingerprint density at radius 1 is 1.31 bits per heavy atom. The van der Waals surface area contributed by atoms with Crippen LogP contribution < -0.4 is 10.6 Å². The Morgan fingerprint density at radius 2 is 2.00 bits per heavy atom. The summed E-state index contributed by atoms with van der Waals surface area (Å²) in [6.45, 7) is 7.13. The molecule has 0 bridgehead atoms. The Hall–Kier alpha value is -2.41. The number of amides is 1. The van der Waals surface area contributed by atoms with Gasteiger partial charge in [0, 0.05) is 37.6 Å². The third-order valence-corrected chi connectivity index (χ3v) is 4.66. The molecule has 6 nitrogen and oxygen atoms in total. The average molecular weight is 374 g/mol. The number of nitrogens with zero attached hydrogens (tertiary/aromatic N) is 3. The fraction of sp³-hybridized carbons (Fsp3) is 0.421. The van der Waals surface area contributed by atoms with Gasteiger partial charge >= 0.3 is 0 Å². The number of aliphatic imine (C=N–C) groups is 1. The van der Waals surface area contributed by atoms with Crippen molar-refractivity contribution in [2.75, 3.05) is 19.4 Å². The summed E-state index contributed by atoms with van der Waals surface area (Å²) in [5.74, 6) is 0.805. The molecular formula is C19H27N5OS. The molecule has 26 heavy (non-hydrogen) atoms. The van der Waals surface area contributed by atoms with E-state index < -0.39 is 0 Å². The summed E-state index contributed by atoms with van der Waals surface area (Å²) < 4.78 is 0. The lowest BCUT2D eigenvalue weighted by Crippen LogP contribution is -2.38. The number of aromatic nitrogens is 1. The van der Waals surface area contributed by atoms with Crippen molar-refractivity contribution in [3.8, 4) is 0 Å². The van der Waals surface area contributed by atoms with E-state index in [4.69, 9.17) is 0 Å². The lowest BCUT2D eigenvalue weighted by Gasteiger charge is -2.21. The Labute approximate surface area is 159 Å². The summed E-state index contributed by atoms with van der Waals surface area (Å²) in [5, 5.41) is 9.39. The third kappa shape index (κ3) is 5.84. The highest BCUT2D eigenvalue weighted by molar-refractivity contribution is 7.09. The normalized spacial score (nSPS) is 11.5. The molecule has 7 heteroatoms. The molecule has 1 aromatic carbocycles. The zero-order chi connectivity index (χ0) is 19.1. The van der Waals surface area contributed by atoms with Gasteiger partial charge in [-0.05, 0) is 24.6 Å². The molecule has 0 unspecified atom stereocenters. The highest BCUT2D eigenvalue weighted by atomic mass is 32.1. The lowest BCUT2D eigenvalue weighted by molar-refractivity contribution is -0.118. The molecular weight excluding hydrogens is 346 g/mol. The maximum Gasteiger partial charge on any atom is 0.226 e. The summed E-state index contributed by atoms with van der Waals surface area (Å²) in [4.78, 5) is 22.6. The molecule has 0 radical (unpaired) electrons. The van der Waals surface area contributed by atoms with E-state index in [0.29, 0.717) is 13.1 Å². The first kappa shape index (κ1) is 19.9. The van der Waals surface area contributed by atoms with Crippen molar-refractivity contribution in [3.05, 3.63) is 45.9 Å². The average Bonchev–Trinajstić information content (AvgIpc) is 3.01. The molecule has 1 heterocycles. The Morgan fingerprint density at radius 3 is 2.54 bits per heavy atom. The van der Waals surface area contributed by atoms with Crippen LogP contribution >= 0.6 is 11.3 Å². The number of guanidine groups is 1. The monoisotopic (exact) mass is 373 g/mol. The maximum absolute atomic E-state index is 11.7. The Bertz CT molecular complexity index is 752. The van der Waals surface area contributed by atoms with Gasteiger partial charge in [-0.3, -0.25) is 9.79 Å². The van der Waals surface area contributed by atoms with Crippen molar-refractivity contribution >= 4 is 28.9 Å². The molecule has 0 aliphatic carbocycles. The van der Waals surface area contributed by atoms with Crippen LogP contribution in [-0.2, 0) is 17.9 Å². The molecule has 0 aliphatic rings. The molecule has 1 aromatic heterocycles. The lowest BCUT2D eigenvalue weighted by atomic mass is 10.1. The molecule has 1 amide bonds. The van der Waals surface area contributed by atoms with Gasteiger partial charge in [-0.15, -0.1) is 11.3 Å². The minimum atomic E-state index is -0.0308. The summed E-state index contributed by atoms with van der Waals surface area (Å²) in [6, 6.07) is 7.84. The number of hydrogen-bond acceptors (Lipinski definition) is 4. The van der Waals surface area contributed by atoms with Gasteiger partial charge in [-0.25, -0.2) is 4.98 Å². The summed E-state index contributed by atoms with van der Waals surface area (Å²) in [6.07, 6.45) is 0. The van der Waals surface area contributed by atoms with Gasteiger partial charge in [-0.1, -0.05) is 26.0 Å². The minimum Gasteiger partial charge on any atom is -0.352 e. The van der Waals surface area contributed by atoms with E-state index in [9.17, 15) is 4.79 Å². The highest BCUT2D eigenvalue weighted by Gasteiger charge is 2.09. The molecule has 0 spiro atoms. The Balaban J connectivity index is 1.88. The van der Waals surface area contributed by atoms with E-state index in [-0.39, 0.29) is 11.8 Å². The minimum absolute atomic E-state index is 0.0233. The number of carbonyl (C=O) groups excluding carboxylic acids is 1. The number of carbonyl (C=O) groups is 1. The van der Waals surface area contributed by atoms with Crippen molar-refractivity contribution in [1.29, 1.82) is 0 Å². The van der Waals surface area contributed by atoms with Gasteiger partial charge in [0.25, 0.3) is 0 Å². The van der Waals surface area contributed by atoms with Crippen LogP contribution in [0.5, 0.6) is 0 Å². The Kier molecular flexibility index (Phi) is 7.15. The first-order chi connectivity index (χ1) is 12.4. The van der Waals surface area contributed by atoms with E-state index in [1.165, 1.54) is 0 Å². The zero-order valence-electron chi connectivity index (χ0n) is 16.0. The molecule has 0 aliphatic heterocycles. The van der Waals surface area contributed by atoms with E-state index in [1.54, 1.807) is 18.4 Å². The molecule has 0 saturated carbocycles. The SMILES string of the molecule is CN=C(NCc1ccc(NC(=O)C(C)C)cc1)N(C)Cc1csc(C)n1. The van der Waals surface area contributed by atoms with Crippen LogP contribution in [0.4, 0.5) is 5.69 Å². The highest BCUT2D eigenvalue weighted by Crippen LogP contribution is 2.12. The topological polar surface area (TPSA) is 69.6 Å². The second-order valence-corrected chi connectivity index (χ2v) is 7.52. The summed E-state index contributed by atoms with van der Waals surface area (Å²) in [7, 11) is 3.77. The first-order valence-corrected chi connectivity index (χ1v) is 9.49. The van der Waals surface area contributed by atoms with E-state index in [1.807, 2.05) is 57.0 Å². The second kappa shape index (κ2) is 9.33. The summed E-state index contributed by atoms with van der Waals surface area (Å²) in [5.41, 5.74) is 2.97. The van der Waals surface area contributed by atoms with Crippen molar-refractivity contribution in [3.63, 3.8) is 0 Å². The fourth-order valence-electron chi connectivity index (χ4n) is 2.36. The van der Waals surface area contributed by atoms with Gasteiger partial charge in [0.15, 0.2) is 5.96 Å². The second-order valence-electron chi connectivity index (χ2n) is 6.46. The number of anilines is 1. The van der Waals surface area contributed by atoms with Gasteiger partial charge < -0.3 is 15.5 Å². The van der Waals surface area contributed by atoms with Gasteiger partial charge in [-0.2, -0.15) is 0 Å². The molecule has 140 valence electrons. The van der Waals surface area contributed by atoms with Crippen molar-refractivity contribution in [1.82, 2.24) is 15.2 Å². The van der Waals surface area contributed by atoms with Crippen LogP contribution in [-0.4, -0.2) is 35.8 Å². The van der Waals surface area contributed by atoms with Crippen molar-refractivity contribution < 1.29 is 4.79 Å². The van der Waals surface area contributed by atoms with Crippen LogP contribution in [0.3, 0.4) is 0 Å². The number of hydrogen-bond donors (Lipinski definition) is 2. The molecule has 0 fully saturated rings. The number of thiazole rings is 1. The largest absolute Gasteiger partial charge is 0.352 e. The zero-order valence-corrected chi connectivity index (χ0v) is 16.9. The number of aryl methyl sites for hydroxylation is 1. The van der Waals surface area contributed by atoms with E-state index in [0.717, 1.165) is 27.9 Å². The van der Waals surface area contributed by atoms with Crippen LogP contribution in [0, 0.1) is 12.8 Å². The smallest absolute Gasteiger partial charge is 0.226 e. The van der Waals surface area contributed by atoms with Crippen LogP contribution in [0.1, 0.15) is 30.1 Å². The van der Waals surface area contributed by atoms with Crippen LogP contribution in [0.15, 0.2) is 34.6 Å². The molecule has 2 rings (SSSR count). The van der Waals surface area contributed by atoms with Crippen LogP contribution in [0.2, 0.25) is 0 Å². The van der Waals surface area contributed by atoms with E-state index >= 15 is 0 Å². The summed E-state index contributed by atoms with van der Waals surface area (Å²) >= 11 is 1.66. The standard InChI is InChI=1S/C19H27N5OS/c1-13(2)18(25)23-16-8-6-15(7-9-16)10-21-19(20-4)24(5)11-17-12-26-14(3)22-17/h6-9,12-13H,10-11H2,1-5H3,(H,20,21)(H,23,25). The number of nitrogens with one attached hydrogen (secondary N) is 2. The molecule has 2 aromatic rings. The fourth-order valence-corrected chi connectivity index (χ4v) is 2.96. The molecule has 0 atom stereocenters.